The van der Waals surface area contributed by atoms with Crippen LogP contribution >= 0.6 is 15.9 Å². The lowest BCUT2D eigenvalue weighted by atomic mass is 10.0. The van der Waals surface area contributed by atoms with E-state index in [0.717, 1.165) is 0 Å². The molecule has 0 unspecified atom stereocenters. The van der Waals surface area contributed by atoms with E-state index < -0.39 is 5.97 Å². The van der Waals surface area contributed by atoms with Gasteiger partial charge in [0.1, 0.15) is 17.4 Å². The van der Waals surface area contributed by atoms with E-state index >= 15 is 0 Å². The summed E-state index contributed by atoms with van der Waals surface area (Å²) < 4.78 is 4.49. The molecule has 0 amide bonds. The largest absolute Gasteiger partial charge is 0.507 e. The van der Waals surface area contributed by atoms with Crippen molar-refractivity contribution < 1.29 is 14.6 Å². The molecule has 0 atom stereocenters. The first-order valence-electron chi connectivity index (χ1n) is 4.05. The van der Waals surface area contributed by atoms with Gasteiger partial charge in [0.05, 0.1) is 12.7 Å². The molecule has 0 aromatic heterocycles. The number of hydrogen-bond donors (Lipinski definition) is 1. The van der Waals surface area contributed by atoms with Gasteiger partial charge >= 0.3 is 5.97 Å². The highest BCUT2D eigenvalue weighted by atomic mass is 79.9. The number of esters is 1. The maximum absolute atomic E-state index is 11.3. The topological polar surface area (TPSA) is 70.3 Å². The number of phenols is 1. The molecule has 0 saturated carbocycles. The van der Waals surface area contributed by atoms with Crippen molar-refractivity contribution in [1.82, 2.24) is 0 Å². The van der Waals surface area contributed by atoms with E-state index in [4.69, 9.17) is 5.26 Å². The van der Waals surface area contributed by atoms with Gasteiger partial charge in [0.15, 0.2) is 0 Å². The second kappa shape index (κ2) is 4.80. The van der Waals surface area contributed by atoms with Gasteiger partial charge in [-0.25, -0.2) is 4.79 Å². The molecule has 0 saturated heterocycles. The van der Waals surface area contributed by atoms with Gasteiger partial charge in [0.25, 0.3) is 0 Å². The molecule has 0 heterocycles. The Labute approximate surface area is 95.2 Å². The Balaban J connectivity index is 3.47. The van der Waals surface area contributed by atoms with Gasteiger partial charge in [-0.1, -0.05) is 22.0 Å². The van der Waals surface area contributed by atoms with E-state index in [1.807, 2.05) is 6.07 Å². The minimum Gasteiger partial charge on any atom is -0.507 e. The Hall–Kier alpha value is -1.54. The lowest BCUT2D eigenvalue weighted by Crippen LogP contribution is -2.06. The summed E-state index contributed by atoms with van der Waals surface area (Å²) in [6.45, 7) is 0. The second-order valence-electron chi connectivity index (χ2n) is 2.73. The maximum atomic E-state index is 11.3. The van der Waals surface area contributed by atoms with Crippen molar-refractivity contribution in [1.29, 1.82) is 5.26 Å². The monoisotopic (exact) mass is 269 g/mol. The van der Waals surface area contributed by atoms with Crippen molar-refractivity contribution in [2.24, 2.45) is 0 Å². The van der Waals surface area contributed by atoms with Crippen LogP contribution in [0.4, 0.5) is 0 Å². The molecule has 1 aromatic rings. The van der Waals surface area contributed by atoms with Gasteiger partial charge in [-0.2, -0.15) is 5.26 Å². The SMILES string of the molecule is COC(=O)c1c(O)ccc(CBr)c1C#N. The Morgan fingerprint density at radius 2 is 2.33 bits per heavy atom. The van der Waals surface area contributed by atoms with Gasteiger partial charge in [0, 0.05) is 5.33 Å². The number of rotatable bonds is 2. The summed E-state index contributed by atoms with van der Waals surface area (Å²) >= 11 is 3.19. The number of aromatic hydroxyl groups is 1. The van der Waals surface area contributed by atoms with Crippen molar-refractivity contribution in [2.45, 2.75) is 5.33 Å². The minimum absolute atomic E-state index is 0.0862. The molecule has 4 nitrogen and oxygen atoms in total. The molecule has 78 valence electrons. The third-order valence-electron chi connectivity index (χ3n) is 1.91. The number of carbonyl (C=O) groups is 1. The lowest BCUT2D eigenvalue weighted by molar-refractivity contribution is 0.0597. The Morgan fingerprint density at radius 1 is 1.67 bits per heavy atom. The quantitative estimate of drug-likeness (QED) is 0.658. The number of carbonyl (C=O) groups excluding carboxylic acids is 1. The van der Waals surface area contributed by atoms with Crippen LogP contribution in [0.2, 0.25) is 0 Å². The number of ether oxygens (including phenoxy) is 1. The molecule has 0 bridgehead atoms. The third-order valence-corrected chi connectivity index (χ3v) is 2.52. The van der Waals surface area contributed by atoms with Crippen LogP contribution in [-0.4, -0.2) is 18.2 Å². The van der Waals surface area contributed by atoms with Gasteiger partial charge in [-0.15, -0.1) is 0 Å². The lowest BCUT2D eigenvalue weighted by Gasteiger charge is -2.07. The highest BCUT2D eigenvalue weighted by molar-refractivity contribution is 9.08. The number of alkyl halides is 1. The number of nitrogens with zero attached hydrogens (tertiary/aromatic N) is 1. The minimum atomic E-state index is -0.716. The van der Waals surface area contributed by atoms with Crippen molar-refractivity contribution in [2.75, 3.05) is 7.11 Å². The summed E-state index contributed by atoms with van der Waals surface area (Å²) in [6, 6.07) is 4.82. The van der Waals surface area contributed by atoms with E-state index in [-0.39, 0.29) is 16.9 Å². The summed E-state index contributed by atoms with van der Waals surface area (Å²) in [4.78, 5) is 11.3. The predicted octanol–water partition coefficient (Wildman–Crippen LogP) is 1.95. The van der Waals surface area contributed by atoms with E-state index in [9.17, 15) is 9.90 Å². The first kappa shape index (κ1) is 11.5. The Kier molecular flexibility index (Phi) is 3.69. The molecule has 0 radical (unpaired) electrons. The number of nitriles is 1. The van der Waals surface area contributed by atoms with Crippen LogP contribution in [0.5, 0.6) is 5.75 Å². The highest BCUT2D eigenvalue weighted by Crippen LogP contribution is 2.26. The number of hydrogen-bond acceptors (Lipinski definition) is 4. The normalized spacial score (nSPS) is 9.40. The number of phenolic OH excluding ortho intramolecular Hbond substituents is 1. The molecule has 1 rings (SSSR count). The molecule has 0 spiro atoms. The molecule has 1 N–H and O–H groups in total. The summed E-state index contributed by atoms with van der Waals surface area (Å²) in [6.07, 6.45) is 0. The highest BCUT2D eigenvalue weighted by Gasteiger charge is 2.19. The zero-order chi connectivity index (χ0) is 11.4. The average Bonchev–Trinajstić information content (AvgIpc) is 2.27. The van der Waals surface area contributed by atoms with Gasteiger partial charge in [-0.05, 0) is 11.6 Å². The maximum Gasteiger partial charge on any atom is 0.343 e. The number of halogens is 1. The van der Waals surface area contributed by atoms with Crippen LogP contribution in [0.15, 0.2) is 12.1 Å². The molecule has 0 aliphatic carbocycles. The van der Waals surface area contributed by atoms with Gasteiger partial charge < -0.3 is 9.84 Å². The van der Waals surface area contributed by atoms with Crippen molar-refractivity contribution >= 4 is 21.9 Å². The molecular formula is C10H8BrNO3. The van der Waals surface area contributed by atoms with Crippen LogP contribution < -0.4 is 0 Å². The van der Waals surface area contributed by atoms with Crippen LogP contribution in [-0.2, 0) is 10.1 Å². The van der Waals surface area contributed by atoms with Gasteiger partial charge in [0.2, 0.25) is 0 Å². The van der Waals surface area contributed by atoms with Crippen molar-refractivity contribution in [3.8, 4) is 11.8 Å². The van der Waals surface area contributed by atoms with Gasteiger partial charge in [-0.3, -0.25) is 0 Å². The fourth-order valence-electron chi connectivity index (χ4n) is 1.18. The molecule has 0 aliphatic heterocycles. The van der Waals surface area contributed by atoms with Crippen LogP contribution in [0.1, 0.15) is 21.5 Å². The summed E-state index contributed by atoms with van der Waals surface area (Å²) in [5, 5.41) is 18.8. The molecular weight excluding hydrogens is 262 g/mol. The second-order valence-corrected chi connectivity index (χ2v) is 3.29. The fourth-order valence-corrected chi connectivity index (χ4v) is 1.65. The van der Waals surface area contributed by atoms with E-state index in [0.29, 0.717) is 10.9 Å². The standard InChI is InChI=1S/C10H8BrNO3/c1-15-10(14)9-7(5-12)6(4-11)2-3-8(9)13/h2-3,13H,4H2,1H3. The van der Waals surface area contributed by atoms with E-state index in [2.05, 4.69) is 20.7 Å². The predicted molar refractivity (Wildman–Crippen MR) is 56.8 cm³/mol. The van der Waals surface area contributed by atoms with Crippen molar-refractivity contribution in [3.63, 3.8) is 0 Å². The van der Waals surface area contributed by atoms with E-state index in [1.165, 1.54) is 13.2 Å². The zero-order valence-corrected chi connectivity index (χ0v) is 9.54. The molecule has 0 fully saturated rings. The summed E-state index contributed by atoms with van der Waals surface area (Å²) in [5.74, 6) is -0.963. The zero-order valence-electron chi connectivity index (χ0n) is 7.95. The summed E-state index contributed by atoms with van der Waals surface area (Å²) in [7, 11) is 1.20. The smallest absolute Gasteiger partial charge is 0.343 e. The number of benzene rings is 1. The Bertz CT molecular complexity index is 437. The summed E-state index contributed by atoms with van der Waals surface area (Å²) in [5.41, 5.74) is 0.686. The number of methoxy groups -OCH3 is 1. The van der Waals surface area contributed by atoms with Crippen LogP contribution in [0.25, 0.3) is 0 Å². The first-order valence-corrected chi connectivity index (χ1v) is 5.17. The van der Waals surface area contributed by atoms with Crippen molar-refractivity contribution in [3.05, 3.63) is 28.8 Å². The van der Waals surface area contributed by atoms with Crippen LogP contribution in [0, 0.1) is 11.3 Å². The molecule has 15 heavy (non-hydrogen) atoms. The van der Waals surface area contributed by atoms with Crippen LogP contribution in [0.3, 0.4) is 0 Å². The van der Waals surface area contributed by atoms with E-state index in [1.54, 1.807) is 6.07 Å². The fraction of sp³-hybridized carbons (Fsp3) is 0.200. The third kappa shape index (κ3) is 2.10. The molecule has 0 aliphatic rings. The molecule has 5 heteroatoms. The Morgan fingerprint density at radius 3 is 2.80 bits per heavy atom. The molecule has 1 aromatic carbocycles. The first-order chi connectivity index (χ1) is 7.15. The average molecular weight is 270 g/mol.